The first-order valence-corrected chi connectivity index (χ1v) is 7.02. The van der Waals surface area contributed by atoms with Gasteiger partial charge in [0.15, 0.2) is 5.15 Å². The number of carboxylic acids is 1. The van der Waals surface area contributed by atoms with Crippen LogP contribution < -0.4 is 0 Å². The number of aromatic nitrogens is 2. The molecule has 3 rings (SSSR count). The van der Waals surface area contributed by atoms with Crippen molar-refractivity contribution in [2.24, 2.45) is 5.92 Å². The zero-order valence-electron chi connectivity index (χ0n) is 10.2. The van der Waals surface area contributed by atoms with Gasteiger partial charge in [0, 0.05) is 12.5 Å². The van der Waals surface area contributed by atoms with Crippen molar-refractivity contribution < 1.29 is 9.90 Å². The van der Waals surface area contributed by atoms with E-state index in [4.69, 9.17) is 16.7 Å². The molecule has 0 amide bonds. The maximum atomic E-state index is 11.1. The van der Waals surface area contributed by atoms with E-state index >= 15 is 0 Å². The van der Waals surface area contributed by atoms with E-state index in [9.17, 15) is 4.79 Å². The number of aliphatic carboxylic acids is 1. The molecule has 1 aliphatic carbocycles. The van der Waals surface area contributed by atoms with Crippen molar-refractivity contribution in [1.82, 2.24) is 9.55 Å². The molecule has 1 unspecified atom stereocenters. The first-order valence-electron chi connectivity index (χ1n) is 6.64. The molecule has 4 nitrogen and oxygen atoms in total. The second-order valence-corrected chi connectivity index (χ2v) is 5.73. The van der Waals surface area contributed by atoms with E-state index in [1.165, 1.54) is 12.8 Å². The monoisotopic (exact) mass is 268 g/mol. The first-order chi connectivity index (χ1) is 8.66. The van der Waals surface area contributed by atoms with Gasteiger partial charge < -0.3 is 9.67 Å². The molecular formula is C13H17ClN2O2. The van der Waals surface area contributed by atoms with Crippen LogP contribution in [0.5, 0.6) is 0 Å². The Morgan fingerprint density at radius 1 is 1.33 bits per heavy atom. The predicted molar refractivity (Wildman–Crippen MR) is 67.9 cm³/mol. The fourth-order valence-corrected chi connectivity index (χ4v) is 3.52. The van der Waals surface area contributed by atoms with Gasteiger partial charge in [-0.15, -0.1) is 0 Å². The Morgan fingerprint density at radius 3 is 2.72 bits per heavy atom. The zero-order chi connectivity index (χ0) is 12.7. The molecule has 2 aliphatic rings. The molecule has 5 heteroatoms. The number of carbonyl (C=O) groups is 1. The normalized spacial score (nSPS) is 24.2. The molecule has 1 aromatic heterocycles. The number of fused-ring (bicyclic) bond motifs is 1. The van der Waals surface area contributed by atoms with Crippen molar-refractivity contribution in [1.29, 1.82) is 0 Å². The quantitative estimate of drug-likeness (QED) is 0.897. The van der Waals surface area contributed by atoms with Crippen molar-refractivity contribution in [2.75, 3.05) is 0 Å². The molecule has 1 aliphatic heterocycles. The highest BCUT2D eigenvalue weighted by Crippen LogP contribution is 2.37. The van der Waals surface area contributed by atoms with E-state index in [-0.39, 0.29) is 5.92 Å². The Kier molecular flexibility index (Phi) is 3.06. The van der Waals surface area contributed by atoms with Crippen LogP contribution in [-0.4, -0.2) is 20.6 Å². The summed E-state index contributed by atoms with van der Waals surface area (Å²) >= 11 is 6.19. The van der Waals surface area contributed by atoms with Crippen LogP contribution in [0, 0.1) is 5.92 Å². The number of hydrogen-bond acceptors (Lipinski definition) is 2. The standard InChI is InChI=1S/C13H17ClN2O2/c14-11-10-6-5-9(13(17)18)7-16(10)12(15-11)8-3-1-2-4-8/h8-9H,1-7H2,(H,17,18). The van der Waals surface area contributed by atoms with Gasteiger partial charge in [0.25, 0.3) is 0 Å². The average molecular weight is 269 g/mol. The number of nitrogens with zero attached hydrogens (tertiary/aromatic N) is 2. The molecule has 18 heavy (non-hydrogen) atoms. The summed E-state index contributed by atoms with van der Waals surface area (Å²) in [5.41, 5.74) is 1.04. The molecule has 0 saturated heterocycles. The maximum Gasteiger partial charge on any atom is 0.308 e. The van der Waals surface area contributed by atoms with E-state index < -0.39 is 5.97 Å². The summed E-state index contributed by atoms with van der Waals surface area (Å²) in [4.78, 5) is 15.6. The fraction of sp³-hybridized carbons (Fsp3) is 0.692. The number of hydrogen-bond donors (Lipinski definition) is 1. The van der Waals surface area contributed by atoms with E-state index in [0.29, 0.717) is 24.0 Å². The molecule has 1 atom stereocenters. The second-order valence-electron chi connectivity index (χ2n) is 5.37. The van der Waals surface area contributed by atoms with E-state index in [0.717, 1.165) is 30.8 Å². The lowest BCUT2D eigenvalue weighted by molar-refractivity contribution is -0.142. The van der Waals surface area contributed by atoms with Crippen molar-refractivity contribution in [3.63, 3.8) is 0 Å². The fourth-order valence-electron chi connectivity index (χ4n) is 3.24. The average Bonchev–Trinajstić information content (AvgIpc) is 2.97. The molecule has 98 valence electrons. The van der Waals surface area contributed by atoms with E-state index in [1.54, 1.807) is 0 Å². The largest absolute Gasteiger partial charge is 0.481 e. The molecular weight excluding hydrogens is 252 g/mol. The van der Waals surface area contributed by atoms with Crippen molar-refractivity contribution >= 4 is 17.6 Å². The molecule has 1 aromatic rings. The molecule has 0 spiro atoms. The Morgan fingerprint density at radius 2 is 2.06 bits per heavy atom. The Bertz CT molecular complexity index is 478. The summed E-state index contributed by atoms with van der Waals surface area (Å²) in [7, 11) is 0. The third-order valence-corrected chi connectivity index (χ3v) is 4.56. The van der Waals surface area contributed by atoms with Crippen LogP contribution in [0.15, 0.2) is 0 Å². The van der Waals surface area contributed by atoms with Crippen LogP contribution in [0.25, 0.3) is 0 Å². The summed E-state index contributed by atoms with van der Waals surface area (Å²) in [6.07, 6.45) is 6.20. The number of imidazole rings is 1. The minimum atomic E-state index is -0.706. The van der Waals surface area contributed by atoms with Gasteiger partial charge >= 0.3 is 5.97 Å². The van der Waals surface area contributed by atoms with Crippen molar-refractivity contribution in [2.45, 2.75) is 51.0 Å². The van der Waals surface area contributed by atoms with Gasteiger partial charge in [-0.3, -0.25) is 4.79 Å². The number of carboxylic acid groups (broad SMARTS) is 1. The molecule has 1 fully saturated rings. The molecule has 2 heterocycles. The highest BCUT2D eigenvalue weighted by atomic mass is 35.5. The summed E-state index contributed by atoms with van der Waals surface area (Å²) in [5.74, 6) is 0.507. The van der Waals surface area contributed by atoms with Crippen LogP contribution in [-0.2, 0) is 17.8 Å². The van der Waals surface area contributed by atoms with E-state index in [2.05, 4.69) is 9.55 Å². The SMILES string of the molecule is O=C(O)C1CCc2c(Cl)nc(C3CCCC3)n2C1. The number of halogens is 1. The van der Waals surface area contributed by atoms with Crippen LogP contribution >= 0.6 is 11.6 Å². The lowest BCUT2D eigenvalue weighted by Crippen LogP contribution is -2.27. The molecule has 1 saturated carbocycles. The molecule has 1 N–H and O–H groups in total. The Balaban J connectivity index is 1.95. The summed E-state index contributed by atoms with van der Waals surface area (Å²) < 4.78 is 2.08. The lowest BCUT2D eigenvalue weighted by Gasteiger charge is -2.24. The molecule has 0 aromatic carbocycles. The van der Waals surface area contributed by atoms with Crippen LogP contribution in [0.4, 0.5) is 0 Å². The topological polar surface area (TPSA) is 55.1 Å². The van der Waals surface area contributed by atoms with E-state index in [1.807, 2.05) is 0 Å². The van der Waals surface area contributed by atoms with Crippen molar-refractivity contribution in [3.05, 3.63) is 16.7 Å². The Labute approximate surface area is 111 Å². The second kappa shape index (κ2) is 4.57. The van der Waals surface area contributed by atoms with Gasteiger partial charge in [-0.25, -0.2) is 4.98 Å². The third-order valence-electron chi connectivity index (χ3n) is 4.26. The van der Waals surface area contributed by atoms with Crippen LogP contribution in [0.3, 0.4) is 0 Å². The van der Waals surface area contributed by atoms with Gasteiger partial charge in [0.2, 0.25) is 0 Å². The minimum Gasteiger partial charge on any atom is -0.481 e. The van der Waals surface area contributed by atoms with Crippen LogP contribution in [0.1, 0.15) is 49.5 Å². The minimum absolute atomic E-state index is 0.289. The number of rotatable bonds is 2. The summed E-state index contributed by atoms with van der Waals surface area (Å²) in [6, 6.07) is 0. The van der Waals surface area contributed by atoms with Gasteiger partial charge in [-0.2, -0.15) is 0 Å². The van der Waals surface area contributed by atoms with Gasteiger partial charge in [-0.1, -0.05) is 24.4 Å². The zero-order valence-corrected chi connectivity index (χ0v) is 11.0. The summed E-state index contributed by atoms with van der Waals surface area (Å²) in [5, 5.41) is 9.74. The van der Waals surface area contributed by atoms with Gasteiger partial charge in [0.05, 0.1) is 11.6 Å². The highest BCUT2D eigenvalue weighted by molar-refractivity contribution is 6.30. The Hall–Kier alpha value is -1.03. The smallest absolute Gasteiger partial charge is 0.308 e. The maximum absolute atomic E-state index is 11.1. The summed E-state index contributed by atoms with van der Waals surface area (Å²) in [6.45, 7) is 0.538. The van der Waals surface area contributed by atoms with Crippen LogP contribution in [0.2, 0.25) is 5.15 Å². The lowest BCUT2D eigenvalue weighted by atomic mass is 9.97. The highest BCUT2D eigenvalue weighted by Gasteiger charge is 2.31. The predicted octanol–water partition coefficient (Wildman–Crippen LogP) is 2.84. The van der Waals surface area contributed by atoms with Gasteiger partial charge in [0.1, 0.15) is 5.82 Å². The van der Waals surface area contributed by atoms with Crippen molar-refractivity contribution in [3.8, 4) is 0 Å². The molecule has 0 radical (unpaired) electrons. The van der Waals surface area contributed by atoms with Gasteiger partial charge in [-0.05, 0) is 25.7 Å². The third kappa shape index (κ3) is 1.92. The molecule has 0 bridgehead atoms. The first kappa shape index (κ1) is 12.0.